The standard InChI is InChI=1S/C12H20O6/c1-3-10(15)17-7-5-6-11(16)18-12(4-2,8-13)9-14/h3,13-14H,1,4-9H2,2H3. The molecule has 6 nitrogen and oxygen atoms in total. The summed E-state index contributed by atoms with van der Waals surface area (Å²) in [5.74, 6) is -1.09. The van der Waals surface area contributed by atoms with Gasteiger partial charge < -0.3 is 19.7 Å². The zero-order valence-corrected chi connectivity index (χ0v) is 10.6. The molecule has 0 spiro atoms. The van der Waals surface area contributed by atoms with E-state index in [1.807, 2.05) is 0 Å². The summed E-state index contributed by atoms with van der Waals surface area (Å²) < 4.78 is 9.71. The molecule has 0 saturated heterocycles. The van der Waals surface area contributed by atoms with E-state index in [1.165, 1.54) is 0 Å². The first-order valence-electron chi connectivity index (χ1n) is 5.76. The molecule has 0 saturated carbocycles. The predicted molar refractivity (Wildman–Crippen MR) is 63.7 cm³/mol. The third-order valence-electron chi connectivity index (χ3n) is 2.49. The Morgan fingerprint density at radius 3 is 2.39 bits per heavy atom. The van der Waals surface area contributed by atoms with Crippen molar-refractivity contribution in [1.29, 1.82) is 0 Å². The Kier molecular flexibility index (Phi) is 7.98. The fourth-order valence-corrected chi connectivity index (χ4v) is 1.15. The van der Waals surface area contributed by atoms with Gasteiger partial charge in [0.25, 0.3) is 0 Å². The Hall–Kier alpha value is -1.40. The highest BCUT2D eigenvalue weighted by Crippen LogP contribution is 2.15. The molecule has 0 amide bonds. The summed E-state index contributed by atoms with van der Waals surface area (Å²) in [5, 5.41) is 18.2. The predicted octanol–water partition coefficient (Wildman–Crippen LogP) is 0.172. The highest BCUT2D eigenvalue weighted by atomic mass is 16.6. The van der Waals surface area contributed by atoms with Crippen LogP contribution in [-0.4, -0.2) is 47.6 Å². The summed E-state index contributed by atoms with van der Waals surface area (Å²) in [6.45, 7) is 4.16. The first kappa shape index (κ1) is 16.6. The number of aliphatic hydroxyl groups excluding tert-OH is 2. The van der Waals surface area contributed by atoms with Gasteiger partial charge in [0.15, 0.2) is 5.60 Å². The normalized spacial score (nSPS) is 10.8. The molecule has 0 aliphatic carbocycles. The zero-order valence-electron chi connectivity index (χ0n) is 10.6. The smallest absolute Gasteiger partial charge is 0.330 e. The molecule has 0 rings (SSSR count). The van der Waals surface area contributed by atoms with Crippen LogP contribution in [0.25, 0.3) is 0 Å². The lowest BCUT2D eigenvalue weighted by atomic mass is 10.0. The maximum absolute atomic E-state index is 11.4. The Morgan fingerprint density at radius 2 is 1.94 bits per heavy atom. The van der Waals surface area contributed by atoms with E-state index in [4.69, 9.17) is 14.9 Å². The van der Waals surface area contributed by atoms with Gasteiger partial charge in [-0.3, -0.25) is 4.79 Å². The van der Waals surface area contributed by atoms with Crippen LogP contribution >= 0.6 is 0 Å². The van der Waals surface area contributed by atoms with Crippen molar-refractivity contribution in [3.8, 4) is 0 Å². The van der Waals surface area contributed by atoms with E-state index in [-0.39, 0.29) is 13.0 Å². The lowest BCUT2D eigenvalue weighted by Gasteiger charge is -2.28. The first-order valence-corrected chi connectivity index (χ1v) is 5.76. The van der Waals surface area contributed by atoms with Crippen LogP contribution in [0.1, 0.15) is 26.2 Å². The minimum Gasteiger partial charge on any atom is -0.463 e. The molecule has 0 heterocycles. The number of rotatable bonds is 9. The van der Waals surface area contributed by atoms with Crippen LogP contribution in [0.5, 0.6) is 0 Å². The molecule has 0 unspecified atom stereocenters. The van der Waals surface area contributed by atoms with E-state index < -0.39 is 30.8 Å². The maximum Gasteiger partial charge on any atom is 0.330 e. The minimum atomic E-state index is -1.23. The largest absolute Gasteiger partial charge is 0.463 e. The lowest BCUT2D eigenvalue weighted by molar-refractivity contribution is -0.171. The Bertz CT molecular complexity index is 274. The van der Waals surface area contributed by atoms with E-state index >= 15 is 0 Å². The van der Waals surface area contributed by atoms with Gasteiger partial charge in [-0.15, -0.1) is 0 Å². The third-order valence-corrected chi connectivity index (χ3v) is 2.49. The number of carbonyl (C=O) groups excluding carboxylic acids is 2. The molecule has 2 N–H and O–H groups in total. The van der Waals surface area contributed by atoms with E-state index in [0.29, 0.717) is 12.8 Å². The molecular formula is C12H20O6. The van der Waals surface area contributed by atoms with Crippen molar-refractivity contribution >= 4 is 11.9 Å². The maximum atomic E-state index is 11.4. The molecule has 0 radical (unpaired) electrons. The van der Waals surface area contributed by atoms with Crippen LogP contribution < -0.4 is 0 Å². The number of hydrogen-bond acceptors (Lipinski definition) is 6. The Balaban J connectivity index is 3.96. The zero-order chi connectivity index (χ0) is 14.0. The summed E-state index contributed by atoms with van der Waals surface area (Å²) in [4.78, 5) is 22.1. The van der Waals surface area contributed by atoms with Crippen molar-refractivity contribution in [2.45, 2.75) is 31.8 Å². The van der Waals surface area contributed by atoms with Gasteiger partial charge in [-0.2, -0.15) is 0 Å². The van der Waals surface area contributed by atoms with Gasteiger partial charge in [0.05, 0.1) is 19.8 Å². The summed E-state index contributed by atoms with van der Waals surface area (Å²) in [5.41, 5.74) is -1.23. The Labute approximate surface area is 106 Å². The molecule has 104 valence electrons. The molecule has 0 aromatic heterocycles. The van der Waals surface area contributed by atoms with Crippen molar-refractivity contribution < 1.29 is 29.3 Å². The van der Waals surface area contributed by atoms with Gasteiger partial charge in [-0.1, -0.05) is 13.5 Å². The molecule has 0 bridgehead atoms. The fraction of sp³-hybridized carbons (Fsp3) is 0.667. The van der Waals surface area contributed by atoms with Crippen LogP contribution in [0.3, 0.4) is 0 Å². The van der Waals surface area contributed by atoms with Crippen LogP contribution in [0, 0.1) is 0 Å². The molecule has 6 heteroatoms. The second kappa shape index (κ2) is 8.66. The monoisotopic (exact) mass is 260 g/mol. The van der Waals surface area contributed by atoms with E-state index in [0.717, 1.165) is 6.08 Å². The van der Waals surface area contributed by atoms with Crippen molar-refractivity contribution in [1.82, 2.24) is 0 Å². The van der Waals surface area contributed by atoms with E-state index in [9.17, 15) is 9.59 Å². The van der Waals surface area contributed by atoms with Gasteiger partial charge in [-0.25, -0.2) is 4.79 Å². The summed E-state index contributed by atoms with van der Waals surface area (Å²) >= 11 is 0. The molecule has 0 fully saturated rings. The van der Waals surface area contributed by atoms with Gasteiger partial charge in [0, 0.05) is 12.5 Å². The molecule has 0 aromatic rings. The summed E-state index contributed by atoms with van der Waals surface area (Å²) in [6, 6.07) is 0. The number of aliphatic hydroxyl groups is 2. The van der Waals surface area contributed by atoms with Crippen LogP contribution in [0.15, 0.2) is 12.7 Å². The second-order valence-corrected chi connectivity index (χ2v) is 3.80. The highest BCUT2D eigenvalue weighted by Gasteiger charge is 2.30. The van der Waals surface area contributed by atoms with Gasteiger partial charge in [-0.05, 0) is 12.8 Å². The average molecular weight is 260 g/mol. The number of hydrogen-bond donors (Lipinski definition) is 2. The second-order valence-electron chi connectivity index (χ2n) is 3.80. The van der Waals surface area contributed by atoms with Gasteiger partial charge in [0.2, 0.25) is 0 Å². The number of ether oxygens (including phenoxy) is 2. The van der Waals surface area contributed by atoms with Crippen molar-refractivity contribution in [2.75, 3.05) is 19.8 Å². The fourth-order valence-electron chi connectivity index (χ4n) is 1.15. The highest BCUT2D eigenvalue weighted by molar-refractivity contribution is 5.81. The topological polar surface area (TPSA) is 93.1 Å². The quantitative estimate of drug-likeness (QED) is 0.349. The SMILES string of the molecule is C=CC(=O)OCCCC(=O)OC(CC)(CO)CO. The number of esters is 2. The first-order chi connectivity index (χ1) is 8.53. The summed E-state index contributed by atoms with van der Waals surface area (Å²) in [7, 11) is 0. The minimum absolute atomic E-state index is 0.0478. The van der Waals surface area contributed by atoms with E-state index in [2.05, 4.69) is 11.3 Å². The number of carbonyl (C=O) groups is 2. The van der Waals surface area contributed by atoms with E-state index in [1.54, 1.807) is 6.92 Å². The lowest BCUT2D eigenvalue weighted by Crippen LogP contribution is -2.42. The molecule has 0 atom stereocenters. The van der Waals surface area contributed by atoms with Crippen LogP contribution in [0.4, 0.5) is 0 Å². The summed E-state index contributed by atoms with van der Waals surface area (Å²) in [6.07, 6.45) is 1.72. The van der Waals surface area contributed by atoms with Crippen molar-refractivity contribution in [3.05, 3.63) is 12.7 Å². The third kappa shape index (κ3) is 5.79. The van der Waals surface area contributed by atoms with Crippen LogP contribution in [-0.2, 0) is 19.1 Å². The molecule has 0 aromatic carbocycles. The average Bonchev–Trinajstić information content (AvgIpc) is 2.40. The molecule has 0 aliphatic heterocycles. The Morgan fingerprint density at radius 1 is 1.33 bits per heavy atom. The molecular weight excluding hydrogens is 240 g/mol. The molecule has 0 aliphatic rings. The molecule has 18 heavy (non-hydrogen) atoms. The van der Waals surface area contributed by atoms with Crippen molar-refractivity contribution in [3.63, 3.8) is 0 Å². The van der Waals surface area contributed by atoms with Gasteiger partial charge >= 0.3 is 11.9 Å². The van der Waals surface area contributed by atoms with Crippen LogP contribution in [0.2, 0.25) is 0 Å². The van der Waals surface area contributed by atoms with Gasteiger partial charge in [0.1, 0.15) is 0 Å². The van der Waals surface area contributed by atoms with Crippen molar-refractivity contribution in [2.24, 2.45) is 0 Å².